The van der Waals surface area contributed by atoms with Crippen molar-refractivity contribution in [2.75, 3.05) is 0 Å². The molecule has 0 bridgehead atoms. The first-order valence-corrected chi connectivity index (χ1v) is 29.5. The molecule has 0 spiro atoms. The summed E-state index contributed by atoms with van der Waals surface area (Å²) in [7, 11) is -1.41. The zero-order valence-corrected chi connectivity index (χ0v) is 50.0. The number of benzene rings is 6. The predicted octanol–water partition coefficient (Wildman–Crippen LogP) is 18.0. The molecule has 4 heterocycles. The van der Waals surface area contributed by atoms with Crippen molar-refractivity contribution in [1.29, 1.82) is 0 Å². The summed E-state index contributed by atoms with van der Waals surface area (Å²) in [5.41, 5.74) is 12.2. The molecule has 6 nitrogen and oxygen atoms in total. The van der Waals surface area contributed by atoms with Gasteiger partial charge in [-0.05, 0) is 105 Å². The van der Waals surface area contributed by atoms with Gasteiger partial charge in [0.1, 0.15) is 11.4 Å². The van der Waals surface area contributed by atoms with Crippen molar-refractivity contribution in [3.05, 3.63) is 180 Å². The molecule has 0 aliphatic heterocycles. The molecular weight excluding hydrogens is 1130 g/mol. The average molecular weight is 1210 g/mol. The third-order valence-electron chi connectivity index (χ3n) is 13.4. The molecule has 0 atom stereocenters. The largest absolute Gasteiger partial charge is 0.501 e. The summed E-state index contributed by atoms with van der Waals surface area (Å²) in [6.45, 7) is 30.9. The molecule has 0 amide bonds. The van der Waals surface area contributed by atoms with E-state index in [4.69, 9.17) is 17.1 Å². The molecule has 10 rings (SSSR count). The zero-order valence-electron chi connectivity index (χ0n) is 50.6. The van der Waals surface area contributed by atoms with Crippen LogP contribution in [0.5, 0.6) is 0 Å². The fraction of sp³-hybridized carbons (Fsp3) is 0.313. The Morgan fingerprint density at radius 1 is 0.711 bits per heavy atom. The third-order valence-corrected chi connectivity index (χ3v) is 15.4. The van der Waals surface area contributed by atoms with Gasteiger partial charge in [0.2, 0.25) is 0 Å². The van der Waals surface area contributed by atoms with Gasteiger partial charge in [-0.1, -0.05) is 174 Å². The van der Waals surface area contributed by atoms with Crippen LogP contribution in [0.3, 0.4) is 0 Å². The molecular formula is C67H72FIrN5OSi-2. The van der Waals surface area contributed by atoms with Crippen LogP contribution >= 0.6 is 0 Å². The van der Waals surface area contributed by atoms with Gasteiger partial charge in [-0.2, -0.15) is 0 Å². The van der Waals surface area contributed by atoms with E-state index < -0.39 is 31.6 Å². The normalized spacial score (nSPS) is 13.5. The number of halogens is 1. The second-order valence-corrected chi connectivity index (χ2v) is 28.6. The smallest absolute Gasteiger partial charge is 0.134 e. The minimum absolute atomic E-state index is 0. The molecule has 0 fully saturated rings. The van der Waals surface area contributed by atoms with Crippen LogP contribution in [0.25, 0.3) is 83.7 Å². The van der Waals surface area contributed by atoms with Crippen LogP contribution in [-0.4, -0.2) is 32.6 Å². The molecule has 4 aromatic heterocycles. The first-order chi connectivity index (χ1) is 36.8. The summed E-state index contributed by atoms with van der Waals surface area (Å²) in [4.78, 5) is 19.2. The predicted molar refractivity (Wildman–Crippen MR) is 315 cm³/mol. The molecule has 0 unspecified atom stereocenters. The molecule has 0 aliphatic carbocycles. The maximum atomic E-state index is 13.0. The van der Waals surface area contributed by atoms with E-state index in [-0.39, 0.29) is 31.3 Å². The molecule has 0 saturated carbocycles. The van der Waals surface area contributed by atoms with Gasteiger partial charge in [-0.15, -0.1) is 48.0 Å². The van der Waals surface area contributed by atoms with E-state index >= 15 is 0 Å². The molecule has 76 heavy (non-hydrogen) atoms. The number of aromatic nitrogens is 5. The summed E-state index contributed by atoms with van der Waals surface area (Å²) in [5, 5.41) is 3.28. The van der Waals surface area contributed by atoms with Gasteiger partial charge < -0.3 is 14.0 Å². The van der Waals surface area contributed by atoms with Crippen molar-refractivity contribution in [2.24, 2.45) is 5.41 Å². The summed E-state index contributed by atoms with van der Waals surface area (Å²) in [5.74, 6) is -0.643. The van der Waals surface area contributed by atoms with Crippen LogP contribution in [0.2, 0.25) is 19.6 Å². The Hall–Kier alpha value is -6.38. The second-order valence-electron chi connectivity index (χ2n) is 23.5. The van der Waals surface area contributed by atoms with Crippen LogP contribution in [0.15, 0.2) is 138 Å². The average Bonchev–Trinajstić information content (AvgIpc) is 3.96. The fourth-order valence-electron chi connectivity index (χ4n) is 9.64. The quantitative estimate of drug-likeness (QED) is 0.101. The first kappa shape index (κ1) is 50.4. The van der Waals surface area contributed by atoms with Gasteiger partial charge >= 0.3 is 0 Å². The number of para-hydroxylation sites is 2. The summed E-state index contributed by atoms with van der Waals surface area (Å²) in [6.07, 6.45) is 2.28. The van der Waals surface area contributed by atoms with Gasteiger partial charge in [-0.3, -0.25) is 9.37 Å². The van der Waals surface area contributed by atoms with Crippen LogP contribution in [0.4, 0.5) is 4.39 Å². The van der Waals surface area contributed by atoms with E-state index in [1.807, 2.05) is 127 Å². The summed E-state index contributed by atoms with van der Waals surface area (Å²) in [6, 6.07) is 44.8. The number of pyridine rings is 1. The van der Waals surface area contributed by atoms with Crippen molar-refractivity contribution in [3.8, 4) is 50.7 Å². The van der Waals surface area contributed by atoms with E-state index in [1.165, 1.54) is 22.9 Å². The van der Waals surface area contributed by atoms with Crippen molar-refractivity contribution in [2.45, 2.75) is 132 Å². The SMILES string of the molecule is CC(C)c1cc(-c2[c-]cc(F)cc2)ncc1[Si](C)(C)C.[2H]C(C)(C)c1cc(-c2ccc(C([2H])([2H])C(C)(C)C)cc2)cc(C([2H])(C)C)c1-n1c(-c2[c-]ccc3c2oc2cc(-c4ccnc(C(C)(C)C)n4)ccc23)nc2ccccc21.[Ir]. The molecule has 0 saturated heterocycles. The zero-order chi connectivity index (χ0) is 57.4. The minimum Gasteiger partial charge on any atom is -0.501 e. The Morgan fingerprint density at radius 3 is 2.01 bits per heavy atom. The van der Waals surface area contributed by atoms with Crippen molar-refractivity contribution >= 4 is 46.2 Å². The molecule has 0 aliphatic rings. The van der Waals surface area contributed by atoms with Crippen LogP contribution in [0, 0.1) is 23.4 Å². The Morgan fingerprint density at radius 2 is 1.39 bits per heavy atom. The molecule has 393 valence electrons. The number of hydrogen-bond donors (Lipinski definition) is 0. The van der Waals surface area contributed by atoms with Gasteiger partial charge in [0.05, 0.1) is 36.2 Å². The maximum Gasteiger partial charge on any atom is 0.134 e. The van der Waals surface area contributed by atoms with E-state index in [9.17, 15) is 7.13 Å². The Kier molecular flexibility index (Phi) is 14.5. The number of rotatable bonds is 10. The number of furan rings is 1. The number of imidazole rings is 1. The minimum atomic E-state index is -1.54. The van der Waals surface area contributed by atoms with Crippen LogP contribution in [-0.2, 0) is 31.9 Å². The second kappa shape index (κ2) is 21.9. The number of hydrogen-bond acceptors (Lipinski definition) is 5. The maximum absolute atomic E-state index is 13.0. The van der Waals surface area contributed by atoms with Gasteiger partial charge in [0.25, 0.3) is 0 Å². The van der Waals surface area contributed by atoms with Gasteiger partial charge in [0.15, 0.2) is 0 Å². The van der Waals surface area contributed by atoms with E-state index in [2.05, 4.69) is 111 Å². The van der Waals surface area contributed by atoms with E-state index in [0.29, 0.717) is 34.0 Å². The van der Waals surface area contributed by atoms with Gasteiger partial charge in [0, 0.05) is 65.9 Å². The fourth-order valence-corrected chi connectivity index (χ4v) is 11.3. The van der Waals surface area contributed by atoms with Crippen molar-refractivity contribution < 1.29 is 34.4 Å². The van der Waals surface area contributed by atoms with Crippen molar-refractivity contribution in [1.82, 2.24) is 24.5 Å². The number of fused-ring (bicyclic) bond motifs is 4. The Bertz CT molecular complexity index is 3860. The molecule has 9 heteroatoms. The van der Waals surface area contributed by atoms with Gasteiger partial charge in [-0.25, -0.2) is 9.97 Å². The summed E-state index contributed by atoms with van der Waals surface area (Å²) < 4.78 is 58.7. The Balaban J connectivity index is 0.000000338. The first-order valence-electron chi connectivity index (χ1n) is 28.0. The molecule has 0 N–H and O–H groups in total. The van der Waals surface area contributed by atoms with E-state index in [1.54, 1.807) is 12.3 Å². The summed E-state index contributed by atoms with van der Waals surface area (Å²) >= 11 is 0. The van der Waals surface area contributed by atoms with E-state index in [0.717, 1.165) is 78.1 Å². The third kappa shape index (κ3) is 11.8. The topological polar surface area (TPSA) is 69.6 Å². The standard InChI is InChI=1S/C50H51N4O.C17H21FNSi.Ir/c1-30(2)39-26-35(33-20-18-32(19-21-33)29-49(5,6)7)27-40(31(3)4)45(39)54-43-17-12-11-16-42(43)52-47(54)38-15-13-14-37-36-23-22-34(28-44(36)55-46(37)38)41-24-25-51-48(53-41)50(8,9)10;1-12(2)15-10-16(13-6-8-14(18)9-7-13)19-11-17(15)20(3,4)5;/h11-14,16-28,30-31H,29H2,1-10H3;6,8-12H,1-5H3;/q2*-1;/i29D2,30D,31D;;. The van der Waals surface area contributed by atoms with Crippen LogP contribution in [0.1, 0.15) is 134 Å². The Labute approximate surface area is 470 Å². The van der Waals surface area contributed by atoms with Crippen molar-refractivity contribution in [3.63, 3.8) is 0 Å². The monoisotopic (exact) mass is 1210 g/mol. The van der Waals surface area contributed by atoms with Crippen LogP contribution < -0.4 is 5.19 Å². The molecule has 10 aromatic rings. The molecule has 6 aromatic carbocycles. The molecule has 1 radical (unpaired) electrons. The number of nitrogens with zero attached hydrogens (tertiary/aromatic N) is 5.